The van der Waals surface area contributed by atoms with E-state index < -0.39 is 0 Å². The van der Waals surface area contributed by atoms with Crippen LogP contribution in [0.4, 0.5) is 0 Å². The van der Waals surface area contributed by atoms with Gasteiger partial charge >= 0.3 is 0 Å². The number of ether oxygens (including phenoxy) is 2. The highest BCUT2D eigenvalue weighted by molar-refractivity contribution is 5.44. The van der Waals surface area contributed by atoms with Crippen LogP contribution in [0.15, 0.2) is 12.1 Å². The van der Waals surface area contributed by atoms with Gasteiger partial charge in [-0.15, -0.1) is 0 Å². The van der Waals surface area contributed by atoms with E-state index in [0.717, 1.165) is 18.8 Å². The number of rotatable bonds is 7. The molecule has 2 N–H and O–H groups in total. The maximum Gasteiger partial charge on any atom is 0.122 e. The molecule has 1 saturated heterocycles. The molecule has 1 aromatic carbocycles. The first kappa shape index (κ1) is 17.3. The van der Waals surface area contributed by atoms with Crippen molar-refractivity contribution >= 4 is 0 Å². The van der Waals surface area contributed by atoms with E-state index in [4.69, 9.17) is 15.2 Å². The number of nitrogens with two attached hydrogens (primary N) is 1. The van der Waals surface area contributed by atoms with Gasteiger partial charge in [0.25, 0.3) is 0 Å². The van der Waals surface area contributed by atoms with Crippen molar-refractivity contribution in [2.24, 2.45) is 5.73 Å². The molecule has 0 spiro atoms. The van der Waals surface area contributed by atoms with E-state index in [1.807, 2.05) is 0 Å². The lowest BCUT2D eigenvalue weighted by Gasteiger charge is -2.31. The molecule has 0 radical (unpaired) electrons. The van der Waals surface area contributed by atoms with Crippen LogP contribution < -0.4 is 10.5 Å². The van der Waals surface area contributed by atoms with E-state index in [1.54, 1.807) is 7.11 Å². The topological polar surface area (TPSA) is 47.7 Å². The first-order valence-corrected chi connectivity index (χ1v) is 8.27. The average Bonchev–Trinajstić information content (AvgIpc) is 2.99. The van der Waals surface area contributed by atoms with Crippen LogP contribution >= 0.6 is 0 Å². The molecule has 22 heavy (non-hydrogen) atoms. The van der Waals surface area contributed by atoms with Gasteiger partial charge in [0.2, 0.25) is 0 Å². The van der Waals surface area contributed by atoms with Crippen LogP contribution in [0.25, 0.3) is 0 Å². The van der Waals surface area contributed by atoms with E-state index in [2.05, 4.69) is 37.8 Å². The van der Waals surface area contributed by atoms with Crippen molar-refractivity contribution in [2.75, 3.05) is 33.4 Å². The number of methoxy groups -OCH3 is 1. The predicted octanol–water partition coefficient (Wildman–Crippen LogP) is 2.81. The Kier molecular flexibility index (Phi) is 6.24. The Labute approximate surface area is 134 Å². The Morgan fingerprint density at radius 1 is 1.27 bits per heavy atom. The summed E-state index contributed by atoms with van der Waals surface area (Å²) in [5.41, 5.74) is 9.86. The van der Waals surface area contributed by atoms with Crippen molar-refractivity contribution < 1.29 is 9.47 Å². The lowest BCUT2D eigenvalue weighted by molar-refractivity contribution is 0.146. The summed E-state index contributed by atoms with van der Waals surface area (Å²) in [5.74, 6) is 0.960. The fourth-order valence-corrected chi connectivity index (χ4v) is 3.46. The standard InChI is InChI=1S/C18H30N2O2/c1-13-14(2)18(22-11-10-21-4)8-7-17(13)15(3)20-9-5-6-16(20)12-19/h7-8,15-16H,5-6,9-12,19H2,1-4H3/t15?,16-/m0/s1. The highest BCUT2D eigenvalue weighted by Crippen LogP contribution is 2.34. The van der Waals surface area contributed by atoms with Gasteiger partial charge in [-0.3, -0.25) is 4.90 Å². The minimum absolute atomic E-state index is 0.405. The Balaban J connectivity index is 2.16. The van der Waals surface area contributed by atoms with E-state index in [0.29, 0.717) is 25.3 Å². The molecular weight excluding hydrogens is 276 g/mol. The summed E-state index contributed by atoms with van der Waals surface area (Å²) in [6.07, 6.45) is 2.47. The summed E-state index contributed by atoms with van der Waals surface area (Å²) in [7, 11) is 1.69. The van der Waals surface area contributed by atoms with Crippen LogP contribution in [0.3, 0.4) is 0 Å². The molecule has 1 unspecified atom stereocenters. The number of nitrogens with zero attached hydrogens (tertiary/aromatic N) is 1. The maximum absolute atomic E-state index is 5.93. The molecule has 4 nitrogen and oxygen atoms in total. The third-order valence-electron chi connectivity index (χ3n) is 4.97. The Bertz CT molecular complexity index is 490. The largest absolute Gasteiger partial charge is 0.491 e. The van der Waals surface area contributed by atoms with Crippen molar-refractivity contribution in [1.29, 1.82) is 0 Å². The second-order valence-corrected chi connectivity index (χ2v) is 6.19. The van der Waals surface area contributed by atoms with Crippen molar-refractivity contribution in [3.05, 3.63) is 28.8 Å². The maximum atomic E-state index is 5.93. The summed E-state index contributed by atoms with van der Waals surface area (Å²) < 4.78 is 10.8. The van der Waals surface area contributed by atoms with Gasteiger partial charge in [0.15, 0.2) is 0 Å². The zero-order valence-corrected chi connectivity index (χ0v) is 14.4. The fourth-order valence-electron chi connectivity index (χ4n) is 3.46. The minimum Gasteiger partial charge on any atom is -0.491 e. The molecule has 1 heterocycles. The summed E-state index contributed by atoms with van der Waals surface area (Å²) in [5, 5.41) is 0. The van der Waals surface area contributed by atoms with Gasteiger partial charge < -0.3 is 15.2 Å². The lowest BCUT2D eigenvalue weighted by Crippen LogP contribution is -2.37. The zero-order valence-electron chi connectivity index (χ0n) is 14.4. The third kappa shape index (κ3) is 3.62. The van der Waals surface area contributed by atoms with E-state index in [-0.39, 0.29) is 0 Å². The molecule has 1 fully saturated rings. The molecule has 0 bridgehead atoms. The zero-order chi connectivity index (χ0) is 16.1. The molecule has 124 valence electrons. The van der Waals surface area contributed by atoms with Crippen molar-refractivity contribution in [3.8, 4) is 5.75 Å². The molecular formula is C18H30N2O2. The first-order chi connectivity index (χ1) is 10.6. The normalized spacial score (nSPS) is 20.3. The molecule has 4 heteroatoms. The summed E-state index contributed by atoms with van der Waals surface area (Å²) >= 11 is 0. The molecule has 0 saturated carbocycles. The summed E-state index contributed by atoms with van der Waals surface area (Å²) in [4.78, 5) is 2.55. The second kappa shape index (κ2) is 7.95. The summed E-state index contributed by atoms with van der Waals surface area (Å²) in [6, 6.07) is 5.23. The molecule has 2 rings (SSSR count). The van der Waals surface area contributed by atoms with Gasteiger partial charge in [0, 0.05) is 25.7 Å². The summed E-state index contributed by atoms with van der Waals surface area (Å²) in [6.45, 7) is 9.72. The molecule has 1 aliphatic rings. The van der Waals surface area contributed by atoms with Crippen molar-refractivity contribution in [3.63, 3.8) is 0 Å². The Morgan fingerprint density at radius 2 is 2.05 bits per heavy atom. The SMILES string of the molecule is COCCOc1ccc(C(C)N2CCC[C@H]2CN)c(C)c1C. The molecule has 2 atom stereocenters. The molecule has 0 aliphatic carbocycles. The predicted molar refractivity (Wildman–Crippen MR) is 90.5 cm³/mol. The number of likely N-dealkylation sites (tertiary alicyclic amines) is 1. The van der Waals surface area contributed by atoms with Crippen LogP contribution in [0, 0.1) is 13.8 Å². The quantitative estimate of drug-likeness (QED) is 0.787. The van der Waals surface area contributed by atoms with Crippen LogP contribution in [-0.4, -0.2) is 44.4 Å². The lowest BCUT2D eigenvalue weighted by atomic mass is 9.96. The second-order valence-electron chi connectivity index (χ2n) is 6.19. The van der Waals surface area contributed by atoms with E-state index >= 15 is 0 Å². The number of benzene rings is 1. The molecule has 1 aromatic rings. The van der Waals surface area contributed by atoms with E-state index in [9.17, 15) is 0 Å². The highest BCUT2D eigenvalue weighted by Gasteiger charge is 2.29. The molecule has 0 amide bonds. The molecule has 1 aliphatic heterocycles. The monoisotopic (exact) mass is 306 g/mol. The smallest absolute Gasteiger partial charge is 0.122 e. The van der Waals surface area contributed by atoms with Gasteiger partial charge in [0.05, 0.1) is 6.61 Å². The highest BCUT2D eigenvalue weighted by atomic mass is 16.5. The van der Waals surface area contributed by atoms with Gasteiger partial charge in [-0.05, 0) is 62.9 Å². The van der Waals surface area contributed by atoms with Gasteiger partial charge in [-0.1, -0.05) is 6.07 Å². The van der Waals surface area contributed by atoms with E-state index in [1.165, 1.54) is 29.5 Å². The van der Waals surface area contributed by atoms with Crippen LogP contribution in [0.1, 0.15) is 42.5 Å². The third-order valence-corrected chi connectivity index (χ3v) is 4.97. The molecule has 0 aromatic heterocycles. The van der Waals surface area contributed by atoms with Gasteiger partial charge in [-0.2, -0.15) is 0 Å². The van der Waals surface area contributed by atoms with Crippen LogP contribution in [-0.2, 0) is 4.74 Å². The fraction of sp³-hybridized carbons (Fsp3) is 0.667. The Morgan fingerprint density at radius 3 is 2.73 bits per heavy atom. The number of hydrogen-bond donors (Lipinski definition) is 1. The minimum atomic E-state index is 0.405. The van der Waals surface area contributed by atoms with Crippen molar-refractivity contribution in [2.45, 2.75) is 45.7 Å². The Hall–Kier alpha value is -1.10. The first-order valence-electron chi connectivity index (χ1n) is 8.27. The van der Waals surface area contributed by atoms with Gasteiger partial charge in [-0.25, -0.2) is 0 Å². The van der Waals surface area contributed by atoms with Crippen LogP contribution in [0.2, 0.25) is 0 Å². The number of hydrogen-bond acceptors (Lipinski definition) is 4. The average molecular weight is 306 g/mol. The van der Waals surface area contributed by atoms with Gasteiger partial charge in [0.1, 0.15) is 12.4 Å². The van der Waals surface area contributed by atoms with Crippen molar-refractivity contribution in [1.82, 2.24) is 4.90 Å². The van der Waals surface area contributed by atoms with Crippen LogP contribution in [0.5, 0.6) is 5.75 Å².